The average Bonchev–Trinajstić information content (AvgIpc) is 2.54. The van der Waals surface area contributed by atoms with E-state index >= 15 is 0 Å². The summed E-state index contributed by atoms with van der Waals surface area (Å²) < 4.78 is 11.9. The van der Waals surface area contributed by atoms with Gasteiger partial charge in [-0.1, -0.05) is 6.07 Å². The van der Waals surface area contributed by atoms with Crippen molar-refractivity contribution in [2.24, 2.45) is 0 Å². The van der Waals surface area contributed by atoms with Crippen molar-refractivity contribution >= 4 is 29.6 Å². The van der Waals surface area contributed by atoms with Gasteiger partial charge in [-0.2, -0.15) is 0 Å². The summed E-state index contributed by atoms with van der Waals surface area (Å²) >= 11 is 0. The molecular weight excluding hydrogens is 350 g/mol. The van der Waals surface area contributed by atoms with E-state index in [9.17, 15) is 15.3 Å². The van der Waals surface area contributed by atoms with E-state index in [-0.39, 0.29) is 18.1 Å². The molecule has 0 spiro atoms. The van der Waals surface area contributed by atoms with Crippen molar-refractivity contribution in [3.63, 3.8) is 0 Å². The number of hydrogen-bond donors (Lipinski definition) is 0. The highest BCUT2D eigenvalue weighted by Crippen LogP contribution is 2.42. The van der Waals surface area contributed by atoms with Gasteiger partial charge in [0.2, 0.25) is 0 Å². The van der Waals surface area contributed by atoms with E-state index in [2.05, 4.69) is 0 Å². The lowest BCUT2D eigenvalue weighted by Gasteiger charge is -2.38. The topological polar surface area (TPSA) is 91.8 Å². The van der Waals surface area contributed by atoms with E-state index in [0.717, 1.165) is 4.73 Å². The number of halogens is 1. The molecule has 0 saturated heterocycles. The van der Waals surface area contributed by atoms with Crippen LogP contribution in [0.2, 0.25) is 0 Å². The number of ether oxygens (including phenoxy) is 2. The summed E-state index contributed by atoms with van der Waals surface area (Å²) in [7, 11) is 1.57. The maximum Gasteiger partial charge on any atom is 0.285 e. The third-order valence-corrected chi connectivity index (χ3v) is 3.82. The second kappa shape index (κ2) is 7.12. The Morgan fingerprint density at radius 2 is 2.16 bits per heavy atom. The Morgan fingerprint density at radius 3 is 2.80 bits per heavy atom. The minimum absolute atomic E-state index is 0. The molecule has 25 heavy (non-hydrogen) atoms. The van der Waals surface area contributed by atoms with Crippen LogP contribution in [0.25, 0.3) is 0 Å². The number of non-ortho nitro benzene ring substituents is 1. The quantitative estimate of drug-likeness (QED) is 0.357. The smallest absolute Gasteiger partial charge is 0.285 e. The second-order valence-corrected chi connectivity index (χ2v) is 5.86. The van der Waals surface area contributed by atoms with E-state index in [1.54, 1.807) is 36.3 Å². The van der Waals surface area contributed by atoms with Gasteiger partial charge >= 0.3 is 0 Å². The summed E-state index contributed by atoms with van der Waals surface area (Å²) in [5.41, 5.74) is -0.277. The predicted molar refractivity (Wildman–Crippen MR) is 93.7 cm³/mol. The number of anilines is 2. The van der Waals surface area contributed by atoms with E-state index in [0.29, 0.717) is 30.4 Å². The van der Waals surface area contributed by atoms with Gasteiger partial charge < -0.3 is 14.7 Å². The van der Waals surface area contributed by atoms with E-state index in [1.807, 2.05) is 6.92 Å². The molecule has 2 heterocycles. The molecule has 0 N–H and O–H groups in total. The Labute approximate surface area is 150 Å². The van der Waals surface area contributed by atoms with E-state index < -0.39 is 10.5 Å². The SMILES string of the molecule is COCC1(C)CN(c2cccc[n+]2[O-])c2cc([N+](=O)[O-])ccc2O1.Cl. The van der Waals surface area contributed by atoms with Crippen LogP contribution in [-0.4, -0.2) is 30.8 Å². The van der Waals surface area contributed by atoms with Crippen LogP contribution in [0.15, 0.2) is 42.6 Å². The number of nitrogens with zero attached hydrogens (tertiary/aromatic N) is 3. The number of methoxy groups -OCH3 is 1. The number of nitro benzene ring substituents is 1. The molecule has 1 atom stereocenters. The lowest BCUT2D eigenvalue weighted by Crippen LogP contribution is -2.52. The average molecular weight is 368 g/mol. The zero-order chi connectivity index (χ0) is 17.3. The molecule has 0 radical (unpaired) electrons. The highest BCUT2D eigenvalue weighted by molar-refractivity contribution is 5.85. The van der Waals surface area contributed by atoms with Gasteiger partial charge in [0.05, 0.1) is 23.8 Å². The lowest BCUT2D eigenvalue weighted by molar-refractivity contribution is -0.592. The van der Waals surface area contributed by atoms with Crippen molar-refractivity contribution in [3.8, 4) is 5.75 Å². The first-order chi connectivity index (χ1) is 11.4. The fraction of sp³-hybridized carbons (Fsp3) is 0.312. The molecule has 2 aromatic rings. The molecule has 9 heteroatoms. The van der Waals surface area contributed by atoms with Crippen molar-refractivity contribution in [3.05, 3.63) is 57.9 Å². The zero-order valence-corrected chi connectivity index (χ0v) is 14.6. The molecule has 0 fully saturated rings. The standard InChI is InChI=1S/C16H17N3O5.ClH/c1-16(11-23-2)10-17(15-5-3-4-8-18(15)20)13-9-12(19(21)22)6-7-14(13)24-16;/h3-9H,10-11H2,1-2H3;1H. The summed E-state index contributed by atoms with van der Waals surface area (Å²) in [4.78, 5) is 12.3. The third kappa shape index (κ3) is 3.59. The Morgan fingerprint density at radius 1 is 1.40 bits per heavy atom. The van der Waals surface area contributed by atoms with Gasteiger partial charge in [0, 0.05) is 19.2 Å². The molecule has 3 rings (SSSR count). The molecule has 1 aliphatic rings. The van der Waals surface area contributed by atoms with Gasteiger partial charge in [0.15, 0.2) is 17.0 Å². The Balaban J connectivity index is 0.00000225. The molecule has 0 aliphatic carbocycles. The summed E-state index contributed by atoms with van der Waals surface area (Å²) in [6.07, 6.45) is 1.38. The molecular formula is C16H18ClN3O5. The monoisotopic (exact) mass is 367 g/mol. The van der Waals surface area contributed by atoms with Crippen molar-refractivity contribution in [2.75, 3.05) is 25.2 Å². The number of aromatic nitrogens is 1. The molecule has 1 aliphatic heterocycles. The van der Waals surface area contributed by atoms with Gasteiger partial charge in [0.25, 0.3) is 11.5 Å². The van der Waals surface area contributed by atoms with Crippen LogP contribution >= 0.6 is 12.4 Å². The third-order valence-electron chi connectivity index (χ3n) is 3.82. The molecule has 0 saturated carbocycles. The Bertz CT molecular complexity index is 788. The van der Waals surface area contributed by atoms with Crippen molar-refractivity contribution in [2.45, 2.75) is 12.5 Å². The molecule has 134 valence electrons. The largest absolute Gasteiger partial charge is 0.711 e. The second-order valence-electron chi connectivity index (χ2n) is 5.86. The molecule has 1 unspecified atom stereocenters. The Kier molecular flexibility index (Phi) is 5.34. The Hall–Kier alpha value is -2.58. The maximum absolute atomic E-state index is 12.2. The van der Waals surface area contributed by atoms with Crippen LogP contribution < -0.4 is 14.4 Å². The minimum atomic E-state index is -0.694. The summed E-state index contributed by atoms with van der Waals surface area (Å²) in [5, 5.41) is 23.3. The lowest BCUT2D eigenvalue weighted by atomic mass is 10.0. The molecule has 1 aromatic heterocycles. The van der Waals surface area contributed by atoms with Crippen molar-refractivity contribution < 1.29 is 19.1 Å². The minimum Gasteiger partial charge on any atom is -0.711 e. The number of pyridine rings is 1. The highest BCUT2D eigenvalue weighted by atomic mass is 35.5. The predicted octanol–water partition coefficient (Wildman–Crippen LogP) is 2.59. The number of rotatable bonds is 4. The number of benzene rings is 1. The van der Waals surface area contributed by atoms with Gasteiger partial charge in [-0.15, -0.1) is 12.4 Å². The van der Waals surface area contributed by atoms with Crippen molar-refractivity contribution in [1.29, 1.82) is 0 Å². The van der Waals surface area contributed by atoms with E-state index in [1.165, 1.54) is 18.3 Å². The van der Waals surface area contributed by atoms with Gasteiger partial charge in [-0.3, -0.25) is 10.1 Å². The van der Waals surface area contributed by atoms with Crippen molar-refractivity contribution in [1.82, 2.24) is 0 Å². The first-order valence-corrected chi connectivity index (χ1v) is 7.36. The highest BCUT2D eigenvalue weighted by Gasteiger charge is 2.42. The maximum atomic E-state index is 12.2. The fourth-order valence-corrected chi connectivity index (χ4v) is 2.85. The summed E-state index contributed by atoms with van der Waals surface area (Å²) in [6, 6.07) is 9.36. The summed E-state index contributed by atoms with van der Waals surface area (Å²) in [5.74, 6) is 0.833. The number of fused-ring (bicyclic) bond motifs is 1. The van der Waals surface area contributed by atoms with Crippen LogP contribution in [0.1, 0.15) is 6.92 Å². The van der Waals surface area contributed by atoms with Gasteiger partial charge in [0.1, 0.15) is 6.54 Å². The first-order valence-electron chi connectivity index (χ1n) is 7.36. The fourth-order valence-electron chi connectivity index (χ4n) is 2.85. The molecule has 8 nitrogen and oxygen atoms in total. The zero-order valence-electron chi connectivity index (χ0n) is 13.7. The van der Waals surface area contributed by atoms with Crippen LogP contribution in [-0.2, 0) is 4.74 Å². The molecule has 0 bridgehead atoms. The summed E-state index contributed by atoms with van der Waals surface area (Å²) in [6.45, 7) is 2.50. The molecule has 1 aromatic carbocycles. The first kappa shape index (κ1) is 18.8. The van der Waals surface area contributed by atoms with Crippen LogP contribution in [0.4, 0.5) is 17.2 Å². The van der Waals surface area contributed by atoms with Crippen LogP contribution in [0, 0.1) is 15.3 Å². The number of hydrogen-bond acceptors (Lipinski definition) is 6. The molecule has 0 amide bonds. The van der Waals surface area contributed by atoms with Gasteiger partial charge in [-0.25, -0.2) is 9.63 Å². The number of nitro groups is 1. The normalized spacial score (nSPS) is 18.7. The van der Waals surface area contributed by atoms with E-state index in [4.69, 9.17) is 9.47 Å². The van der Waals surface area contributed by atoms with Gasteiger partial charge in [-0.05, 0) is 19.1 Å². The van der Waals surface area contributed by atoms with Crippen LogP contribution in [0.3, 0.4) is 0 Å². The van der Waals surface area contributed by atoms with Crippen LogP contribution in [0.5, 0.6) is 5.75 Å².